The van der Waals surface area contributed by atoms with E-state index in [1.807, 2.05) is 33.2 Å². The van der Waals surface area contributed by atoms with E-state index in [0.29, 0.717) is 12.3 Å². The molecule has 21 heavy (non-hydrogen) atoms. The van der Waals surface area contributed by atoms with Gasteiger partial charge in [0, 0.05) is 31.9 Å². The van der Waals surface area contributed by atoms with Crippen LogP contribution in [0.15, 0.2) is 18.2 Å². The van der Waals surface area contributed by atoms with Gasteiger partial charge in [-0.3, -0.25) is 4.79 Å². The van der Waals surface area contributed by atoms with E-state index in [2.05, 4.69) is 21.6 Å². The number of anilines is 2. The average molecular weight is 289 g/mol. The fraction of sp³-hybridized carbons (Fsp3) is 0.588. The molecule has 2 N–H and O–H groups in total. The molecule has 1 aromatic carbocycles. The molecular weight excluding hydrogens is 262 g/mol. The van der Waals surface area contributed by atoms with Crippen LogP contribution in [-0.4, -0.2) is 33.1 Å². The van der Waals surface area contributed by atoms with Gasteiger partial charge in [0.2, 0.25) is 5.91 Å². The van der Waals surface area contributed by atoms with Crippen LogP contribution in [0.2, 0.25) is 0 Å². The lowest BCUT2D eigenvalue weighted by atomic mass is 9.93. The molecule has 4 heteroatoms. The topological polar surface area (TPSA) is 44.4 Å². The molecular formula is C17H27N3O. The Morgan fingerprint density at radius 2 is 2.05 bits per heavy atom. The Morgan fingerprint density at radius 1 is 1.33 bits per heavy atom. The average Bonchev–Trinajstić information content (AvgIpc) is 2.48. The summed E-state index contributed by atoms with van der Waals surface area (Å²) in [7, 11) is 4.04. The molecule has 4 nitrogen and oxygen atoms in total. The van der Waals surface area contributed by atoms with Gasteiger partial charge in [-0.2, -0.15) is 0 Å². The Hall–Kier alpha value is -1.55. The number of piperidine rings is 1. The third-order valence-corrected chi connectivity index (χ3v) is 4.24. The van der Waals surface area contributed by atoms with Crippen LogP contribution >= 0.6 is 0 Å². The highest BCUT2D eigenvalue weighted by Crippen LogP contribution is 2.22. The van der Waals surface area contributed by atoms with Gasteiger partial charge >= 0.3 is 0 Å². The van der Waals surface area contributed by atoms with Crippen LogP contribution < -0.4 is 15.5 Å². The van der Waals surface area contributed by atoms with Crippen molar-refractivity contribution in [2.45, 2.75) is 32.6 Å². The first-order chi connectivity index (χ1) is 10.1. The second-order valence-electron chi connectivity index (χ2n) is 6.17. The number of hydrogen-bond donors (Lipinski definition) is 2. The second kappa shape index (κ2) is 7.46. The standard InChI is InChI=1S/C17H27N3O/c1-13-12-15(20(2)3)5-6-16(13)19-17(21)7-4-14-8-10-18-11-9-14/h5-6,12,14,18H,4,7-11H2,1-3H3,(H,19,21). The first kappa shape index (κ1) is 15.8. The maximum absolute atomic E-state index is 12.1. The van der Waals surface area contributed by atoms with Crippen molar-refractivity contribution in [3.63, 3.8) is 0 Å². The molecule has 1 saturated heterocycles. The van der Waals surface area contributed by atoms with Crippen LogP contribution in [0.3, 0.4) is 0 Å². The number of nitrogens with zero attached hydrogens (tertiary/aromatic N) is 1. The van der Waals surface area contributed by atoms with Gasteiger partial charge in [-0.1, -0.05) is 0 Å². The quantitative estimate of drug-likeness (QED) is 0.876. The predicted octanol–water partition coefficient (Wildman–Crippen LogP) is 2.78. The molecule has 1 heterocycles. The van der Waals surface area contributed by atoms with Crippen molar-refractivity contribution in [1.29, 1.82) is 0 Å². The smallest absolute Gasteiger partial charge is 0.224 e. The summed E-state index contributed by atoms with van der Waals surface area (Å²) in [6.45, 7) is 4.23. The molecule has 116 valence electrons. The van der Waals surface area contributed by atoms with Crippen molar-refractivity contribution >= 4 is 17.3 Å². The van der Waals surface area contributed by atoms with Crippen LogP contribution in [0.1, 0.15) is 31.2 Å². The lowest BCUT2D eigenvalue weighted by Gasteiger charge is -2.22. The van der Waals surface area contributed by atoms with Crippen LogP contribution in [0.5, 0.6) is 0 Å². The SMILES string of the molecule is Cc1cc(N(C)C)ccc1NC(=O)CCC1CCNCC1. The summed E-state index contributed by atoms with van der Waals surface area (Å²) in [6.07, 6.45) is 4.02. The number of aryl methyl sites for hydroxylation is 1. The largest absolute Gasteiger partial charge is 0.378 e. The molecule has 0 radical (unpaired) electrons. The summed E-state index contributed by atoms with van der Waals surface area (Å²) in [6, 6.07) is 6.13. The van der Waals surface area contributed by atoms with E-state index in [0.717, 1.165) is 36.4 Å². The number of nitrogens with one attached hydrogen (secondary N) is 2. The first-order valence-electron chi connectivity index (χ1n) is 7.85. The van der Waals surface area contributed by atoms with Crippen LogP contribution in [-0.2, 0) is 4.79 Å². The van der Waals surface area contributed by atoms with Crippen molar-refractivity contribution in [3.8, 4) is 0 Å². The molecule has 0 aliphatic carbocycles. The van der Waals surface area contributed by atoms with Gasteiger partial charge in [0.05, 0.1) is 0 Å². The number of carbonyl (C=O) groups is 1. The summed E-state index contributed by atoms with van der Waals surface area (Å²) >= 11 is 0. The van der Waals surface area contributed by atoms with Gasteiger partial charge in [-0.15, -0.1) is 0 Å². The summed E-state index contributed by atoms with van der Waals surface area (Å²) in [5.74, 6) is 0.837. The molecule has 1 aromatic rings. The normalized spacial score (nSPS) is 15.8. The monoisotopic (exact) mass is 289 g/mol. The molecule has 0 unspecified atom stereocenters. The summed E-state index contributed by atoms with van der Waals surface area (Å²) in [5.41, 5.74) is 3.19. The number of amides is 1. The third-order valence-electron chi connectivity index (χ3n) is 4.24. The summed E-state index contributed by atoms with van der Waals surface area (Å²) in [5, 5.41) is 6.40. The van der Waals surface area contributed by atoms with Gasteiger partial charge in [-0.25, -0.2) is 0 Å². The maximum Gasteiger partial charge on any atom is 0.224 e. The van der Waals surface area contributed by atoms with Crippen LogP contribution in [0.25, 0.3) is 0 Å². The molecule has 1 aliphatic heterocycles. The minimum Gasteiger partial charge on any atom is -0.378 e. The Labute approximate surface area is 127 Å². The molecule has 0 saturated carbocycles. The molecule has 1 amide bonds. The van der Waals surface area contributed by atoms with Gasteiger partial charge < -0.3 is 15.5 Å². The van der Waals surface area contributed by atoms with E-state index in [1.54, 1.807) is 0 Å². The summed E-state index contributed by atoms with van der Waals surface area (Å²) < 4.78 is 0. The van der Waals surface area contributed by atoms with E-state index in [9.17, 15) is 4.79 Å². The highest BCUT2D eigenvalue weighted by Gasteiger charge is 2.14. The number of hydrogen-bond acceptors (Lipinski definition) is 3. The molecule has 0 aromatic heterocycles. The van der Waals surface area contributed by atoms with Gasteiger partial charge in [-0.05, 0) is 69.0 Å². The minimum atomic E-state index is 0.134. The highest BCUT2D eigenvalue weighted by molar-refractivity contribution is 5.91. The molecule has 1 fully saturated rings. The molecule has 2 rings (SSSR count). The zero-order valence-electron chi connectivity index (χ0n) is 13.4. The lowest BCUT2D eigenvalue weighted by molar-refractivity contribution is -0.116. The van der Waals surface area contributed by atoms with Crippen molar-refractivity contribution in [3.05, 3.63) is 23.8 Å². The number of rotatable bonds is 5. The Kier molecular flexibility index (Phi) is 5.62. The van der Waals surface area contributed by atoms with Gasteiger partial charge in [0.15, 0.2) is 0 Å². The second-order valence-corrected chi connectivity index (χ2v) is 6.17. The molecule has 1 aliphatic rings. The van der Waals surface area contributed by atoms with Crippen LogP contribution in [0, 0.1) is 12.8 Å². The summed E-state index contributed by atoms with van der Waals surface area (Å²) in [4.78, 5) is 14.2. The Bertz CT molecular complexity index is 479. The lowest BCUT2D eigenvalue weighted by Crippen LogP contribution is -2.28. The van der Waals surface area contributed by atoms with E-state index in [1.165, 1.54) is 12.8 Å². The fourth-order valence-corrected chi connectivity index (χ4v) is 2.78. The first-order valence-corrected chi connectivity index (χ1v) is 7.85. The number of carbonyl (C=O) groups excluding carboxylic acids is 1. The third kappa shape index (κ3) is 4.74. The van der Waals surface area contributed by atoms with E-state index in [-0.39, 0.29) is 5.91 Å². The van der Waals surface area contributed by atoms with Crippen LogP contribution in [0.4, 0.5) is 11.4 Å². The molecule has 0 atom stereocenters. The minimum absolute atomic E-state index is 0.134. The van der Waals surface area contributed by atoms with E-state index >= 15 is 0 Å². The van der Waals surface area contributed by atoms with Crippen molar-refractivity contribution in [1.82, 2.24) is 5.32 Å². The van der Waals surface area contributed by atoms with Crippen molar-refractivity contribution in [2.24, 2.45) is 5.92 Å². The number of benzene rings is 1. The van der Waals surface area contributed by atoms with Gasteiger partial charge in [0.25, 0.3) is 0 Å². The van der Waals surface area contributed by atoms with E-state index < -0.39 is 0 Å². The maximum atomic E-state index is 12.1. The van der Waals surface area contributed by atoms with E-state index in [4.69, 9.17) is 0 Å². The van der Waals surface area contributed by atoms with Crippen molar-refractivity contribution < 1.29 is 4.79 Å². The Morgan fingerprint density at radius 3 is 2.67 bits per heavy atom. The van der Waals surface area contributed by atoms with Crippen molar-refractivity contribution in [2.75, 3.05) is 37.4 Å². The fourth-order valence-electron chi connectivity index (χ4n) is 2.78. The Balaban J connectivity index is 1.84. The van der Waals surface area contributed by atoms with Gasteiger partial charge in [0.1, 0.15) is 0 Å². The molecule has 0 spiro atoms. The zero-order chi connectivity index (χ0) is 15.2. The molecule has 0 bridgehead atoms. The highest BCUT2D eigenvalue weighted by atomic mass is 16.1. The predicted molar refractivity (Wildman–Crippen MR) is 89.0 cm³/mol. The zero-order valence-corrected chi connectivity index (χ0v) is 13.4.